The maximum atomic E-state index is 13.8. The molecule has 1 atom stereocenters. The SMILES string of the molecule is C[C@]1(C(=O)N2CCOCC2)CC(c2ccccc2F)=NO1. The van der Waals surface area contributed by atoms with Gasteiger partial charge in [0.15, 0.2) is 0 Å². The van der Waals surface area contributed by atoms with Crippen LogP contribution in [-0.2, 0) is 14.4 Å². The Morgan fingerprint density at radius 2 is 2.05 bits per heavy atom. The van der Waals surface area contributed by atoms with Gasteiger partial charge in [0.05, 0.1) is 18.9 Å². The second-order valence-electron chi connectivity index (χ2n) is 5.42. The Kier molecular flexibility index (Phi) is 3.63. The molecule has 0 unspecified atom stereocenters. The maximum Gasteiger partial charge on any atom is 0.269 e. The molecule has 1 aromatic carbocycles. The van der Waals surface area contributed by atoms with E-state index in [1.54, 1.807) is 30.0 Å². The van der Waals surface area contributed by atoms with Crippen LogP contribution in [-0.4, -0.2) is 48.4 Å². The molecule has 0 radical (unpaired) electrons. The minimum Gasteiger partial charge on any atom is -0.379 e. The predicted molar refractivity (Wildman–Crippen MR) is 74.4 cm³/mol. The van der Waals surface area contributed by atoms with Crippen LogP contribution >= 0.6 is 0 Å². The summed E-state index contributed by atoms with van der Waals surface area (Å²) in [6.45, 7) is 3.85. The highest BCUT2D eigenvalue weighted by atomic mass is 19.1. The van der Waals surface area contributed by atoms with E-state index in [9.17, 15) is 9.18 Å². The van der Waals surface area contributed by atoms with E-state index in [0.29, 0.717) is 37.6 Å². The van der Waals surface area contributed by atoms with Gasteiger partial charge in [-0.2, -0.15) is 0 Å². The van der Waals surface area contributed by atoms with Crippen LogP contribution in [0.2, 0.25) is 0 Å². The minimum atomic E-state index is -1.06. The fourth-order valence-electron chi connectivity index (χ4n) is 2.60. The summed E-state index contributed by atoms with van der Waals surface area (Å²) in [5, 5.41) is 3.93. The lowest BCUT2D eigenvalue weighted by Gasteiger charge is -2.32. The molecule has 0 N–H and O–H groups in total. The summed E-state index contributed by atoms with van der Waals surface area (Å²) in [7, 11) is 0. The van der Waals surface area contributed by atoms with E-state index in [1.165, 1.54) is 6.07 Å². The maximum absolute atomic E-state index is 13.8. The zero-order chi connectivity index (χ0) is 14.9. The van der Waals surface area contributed by atoms with Crippen molar-refractivity contribution < 1.29 is 18.8 Å². The Bertz CT molecular complexity index is 584. The second kappa shape index (κ2) is 5.44. The molecule has 1 saturated heterocycles. The summed E-state index contributed by atoms with van der Waals surface area (Å²) >= 11 is 0. The number of morpholine rings is 1. The summed E-state index contributed by atoms with van der Waals surface area (Å²) < 4.78 is 19.0. The van der Waals surface area contributed by atoms with E-state index in [2.05, 4.69) is 5.16 Å². The van der Waals surface area contributed by atoms with Gasteiger partial charge < -0.3 is 14.5 Å². The molecule has 0 aromatic heterocycles. The first-order valence-corrected chi connectivity index (χ1v) is 6.97. The number of nitrogens with zero attached hydrogens (tertiary/aromatic N) is 2. The molecule has 0 spiro atoms. The Hall–Kier alpha value is -1.95. The molecule has 0 aliphatic carbocycles. The second-order valence-corrected chi connectivity index (χ2v) is 5.42. The van der Waals surface area contributed by atoms with Gasteiger partial charge in [0, 0.05) is 25.1 Å². The number of carbonyl (C=O) groups excluding carboxylic acids is 1. The molecule has 21 heavy (non-hydrogen) atoms. The highest BCUT2D eigenvalue weighted by Gasteiger charge is 2.45. The fourth-order valence-corrected chi connectivity index (χ4v) is 2.60. The fraction of sp³-hybridized carbons (Fsp3) is 0.467. The van der Waals surface area contributed by atoms with Crippen LogP contribution in [0.1, 0.15) is 18.9 Å². The summed E-state index contributed by atoms with van der Waals surface area (Å²) in [5.41, 5.74) is -0.206. The number of hydrogen-bond acceptors (Lipinski definition) is 4. The zero-order valence-electron chi connectivity index (χ0n) is 11.8. The monoisotopic (exact) mass is 292 g/mol. The summed E-state index contributed by atoms with van der Waals surface area (Å²) in [5.74, 6) is -0.483. The van der Waals surface area contributed by atoms with Crippen molar-refractivity contribution >= 4 is 11.6 Å². The molecule has 6 heteroatoms. The molecular weight excluding hydrogens is 275 g/mol. The lowest BCUT2D eigenvalue weighted by Crippen LogP contribution is -2.51. The predicted octanol–water partition coefficient (Wildman–Crippen LogP) is 1.57. The summed E-state index contributed by atoms with van der Waals surface area (Å²) in [4.78, 5) is 19.6. The number of hydrogen-bond donors (Lipinski definition) is 0. The van der Waals surface area contributed by atoms with Gasteiger partial charge in [-0.15, -0.1) is 0 Å². The molecule has 1 aromatic rings. The standard InChI is InChI=1S/C15H17FN2O3/c1-15(14(19)18-6-8-20-9-7-18)10-13(17-21-15)11-4-2-3-5-12(11)16/h2-5H,6-10H2,1H3/t15-/m1/s1. The lowest BCUT2D eigenvalue weighted by atomic mass is 9.94. The van der Waals surface area contributed by atoms with Gasteiger partial charge in [-0.25, -0.2) is 4.39 Å². The Morgan fingerprint density at radius 1 is 1.33 bits per heavy atom. The molecule has 0 bridgehead atoms. The summed E-state index contributed by atoms with van der Waals surface area (Å²) in [6, 6.07) is 6.37. The van der Waals surface area contributed by atoms with E-state index in [-0.39, 0.29) is 18.1 Å². The van der Waals surface area contributed by atoms with Crippen molar-refractivity contribution in [2.45, 2.75) is 18.9 Å². The molecule has 1 amide bonds. The van der Waals surface area contributed by atoms with Gasteiger partial charge in [0.1, 0.15) is 5.82 Å². The average molecular weight is 292 g/mol. The third-order valence-electron chi connectivity index (χ3n) is 3.80. The van der Waals surface area contributed by atoms with E-state index >= 15 is 0 Å². The number of benzene rings is 1. The molecular formula is C15H17FN2O3. The number of amides is 1. The lowest BCUT2D eigenvalue weighted by molar-refractivity contribution is -0.157. The van der Waals surface area contributed by atoms with Gasteiger partial charge >= 0.3 is 0 Å². The van der Waals surface area contributed by atoms with Gasteiger partial charge in [-0.05, 0) is 13.0 Å². The van der Waals surface area contributed by atoms with Crippen molar-refractivity contribution in [3.05, 3.63) is 35.6 Å². The van der Waals surface area contributed by atoms with Crippen molar-refractivity contribution in [3.8, 4) is 0 Å². The van der Waals surface area contributed by atoms with Gasteiger partial charge in [0.2, 0.25) is 5.60 Å². The first-order valence-electron chi connectivity index (χ1n) is 6.97. The molecule has 2 aliphatic rings. The largest absolute Gasteiger partial charge is 0.379 e. The van der Waals surface area contributed by atoms with Crippen LogP contribution in [0.5, 0.6) is 0 Å². The summed E-state index contributed by atoms with van der Waals surface area (Å²) in [6.07, 6.45) is 0.268. The number of rotatable bonds is 2. The molecule has 1 fully saturated rings. The van der Waals surface area contributed by atoms with Crippen molar-refractivity contribution in [2.24, 2.45) is 5.16 Å². The highest BCUT2D eigenvalue weighted by Crippen LogP contribution is 2.29. The molecule has 0 saturated carbocycles. The van der Waals surface area contributed by atoms with Crippen molar-refractivity contribution in [1.82, 2.24) is 4.90 Å². The minimum absolute atomic E-state index is 0.124. The third-order valence-corrected chi connectivity index (χ3v) is 3.80. The Labute approximate surface area is 122 Å². The van der Waals surface area contributed by atoms with Crippen LogP contribution in [0.4, 0.5) is 4.39 Å². The normalized spacial score (nSPS) is 25.4. The van der Waals surface area contributed by atoms with E-state index < -0.39 is 5.60 Å². The third kappa shape index (κ3) is 2.63. The van der Waals surface area contributed by atoms with Crippen LogP contribution < -0.4 is 0 Å². The molecule has 2 heterocycles. The van der Waals surface area contributed by atoms with Crippen molar-refractivity contribution in [1.29, 1.82) is 0 Å². The molecule has 2 aliphatic heterocycles. The quantitative estimate of drug-likeness (QED) is 0.831. The van der Waals surface area contributed by atoms with E-state index in [0.717, 1.165) is 0 Å². The van der Waals surface area contributed by atoms with E-state index in [1.807, 2.05) is 0 Å². The number of carbonyl (C=O) groups is 1. The number of halogens is 1. The first kappa shape index (κ1) is 14.0. The van der Waals surface area contributed by atoms with Gasteiger partial charge in [-0.1, -0.05) is 23.4 Å². The average Bonchev–Trinajstić information content (AvgIpc) is 2.91. The Balaban J connectivity index is 1.75. The van der Waals surface area contributed by atoms with Crippen molar-refractivity contribution in [3.63, 3.8) is 0 Å². The molecule has 112 valence electrons. The van der Waals surface area contributed by atoms with Gasteiger partial charge in [0.25, 0.3) is 5.91 Å². The zero-order valence-corrected chi connectivity index (χ0v) is 11.8. The van der Waals surface area contributed by atoms with Crippen LogP contribution in [0.25, 0.3) is 0 Å². The van der Waals surface area contributed by atoms with E-state index in [4.69, 9.17) is 9.57 Å². The number of oxime groups is 1. The number of ether oxygens (including phenoxy) is 1. The van der Waals surface area contributed by atoms with Crippen molar-refractivity contribution in [2.75, 3.05) is 26.3 Å². The topological polar surface area (TPSA) is 51.1 Å². The molecule has 5 nitrogen and oxygen atoms in total. The van der Waals surface area contributed by atoms with Crippen LogP contribution in [0, 0.1) is 5.82 Å². The first-order chi connectivity index (χ1) is 10.1. The van der Waals surface area contributed by atoms with Crippen LogP contribution in [0.15, 0.2) is 29.4 Å². The van der Waals surface area contributed by atoms with Crippen LogP contribution in [0.3, 0.4) is 0 Å². The Morgan fingerprint density at radius 3 is 2.76 bits per heavy atom. The molecule has 3 rings (SSSR count). The highest BCUT2D eigenvalue weighted by molar-refractivity contribution is 6.05. The smallest absolute Gasteiger partial charge is 0.269 e. The van der Waals surface area contributed by atoms with Gasteiger partial charge in [-0.3, -0.25) is 4.79 Å².